The minimum atomic E-state index is -1.10. The Morgan fingerprint density at radius 2 is 1.75 bits per heavy atom. The van der Waals surface area contributed by atoms with Crippen LogP contribution in [-0.4, -0.2) is 21.3 Å². The molecule has 0 unspecified atom stereocenters. The van der Waals surface area contributed by atoms with E-state index in [1.54, 1.807) is 49.4 Å². The van der Waals surface area contributed by atoms with Crippen molar-refractivity contribution in [3.63, 3.8) is 0 Å². The highest BCUT2D eigenvalue weighted by molar-refractivity contribution is 6.39. The molecule has 0 aliphatic heterocycles. The van der Waals surface area contributed by atoms with E-state index < -0.39 is 11.6 Å². The molecule has 6 nitrogen and oxygen atoms in total. The molecule has 0 amide bonds. The van der Waals surface area contributed by atoms with Crippen molar-refractivity contribution in [2.75, 3.05) is 0 Å². The molecule has 206 valence electrons. The number of ether oxygens (including phenoxy) is 1. The maximum atomic E-state index is 11.5. The number of halogens is 3. The zero-order valence-electron chi connectivity index (χ0n) is 21.6. The Balaban J connectivity index is 1.19. The van der Waals surface area contributed by atoms with Crippen LogP contribution in [0.4, 0.5) is 0 Å². The fourth-order valence-electron chi connectivity index (χ4n) is 5.50. The number of aryl methyl sites for hydroxylation is 1. The van der Waals surface area contributed by atoms with Crippen molar-refractivity contribution in [2.45, 2.75) is 56.7 Å². The lowest BCUT2D eigenvalue weighted by molar-refractivity contribution is -0.0549. The number of benzene rings is 3. The van der Waals surface area contributed by atoms with Gasteiger partial charge in [-0.1, -0.05) is 64.2 Å². The van der Waals surface area contributed by atoms with Gasteiger partial charge in [-0.15, -0.1) is 0 Å². The van der Waals surface area contributed by atoms with Gasteiger partial charge in [-0.25, -0.2) is 4.79 Å². The third-order valence-electron chi connectivity index (χ3n) is 7.92. The summed E-state index contributed by atoms with van der Waals surface area (Å²) in [5, 5.41) is 26.4. The summed E-state index contributed by atoms with van der Waals surface area (Å²) in [6, 6.07) is 16.0. The summed E-state index contributed by atoms with van der Waals surface area (Å²) in [6.45, 7) is 1.96. The SMILES string of the molecule is Cc1ccc([C@H]2C[C@](O)(c3ccc(OCc4c(-c5c(Cl)cccc5Cl)noc4C4CC4)cc3Cl)C2)cc1C(=O)O. The largest absolute Gasteiger partial charge is 0.489 e. The summed E-state index contributed by atoms with van der Waals surface area (Å²) in [5.74, 6) is 0.709. The zero-order valence-corrected chi connectivity index (χ0v) is 23.9. The van der Waals surface area contributed by atoms with Gasteiger partial charge in [0.1, 0.15) is 23.8 Å². The summed E-state index contributed by atoms with van der Waals surface area (Å²) in [4.78, 5) is 11.5. The lowest BCUT2D eigenvalue weighted by Gasteiger charge is -2.45. The number of carbonyl (C=O) groups is 1. The molecule has 0 atom stereocenters. The predicted molar refractivity (Wildman–Crippen MR) is 154 cm³/mol. The second kappa shape index (κ2) is 10.4. The molecule has 0 radical (unpaired) electrons. The molecule has 2 saturated carbocycles. The van der Waals surface area contributed by atoms with Crippen molar-refractivity contribution in [2.24, 2.45) is 0 Å². The maximum absolute atomic E-state index is 11.5. The molecule has 2 N–H and O–H groups in total. The highest BCUT2D eigenvalue weighted by Crippen LogP contribution is 2.53. The average Bonchev–Trinajstić information content (AvgIpc) is 3.66. The molecule has 2 aliphatic rings. The fraction of sp³-hybridized carbons (Fsp3) is 0.290. The molecular weight excluding hydrogens is 573 g/mol. The van der Waals surface area contributed by atoms with Crippen LogP contribution in [0, 0.1) is 6.92 Å². The summed E-state index contributed by atoms with van der Waals surface area (Å²) in [6.07, 6.45) is 2.95. The van der Waals surface area contributed by atoms with E-state index in [9.17, 15) is 15.0 Å². The van der Waals surface area contributed by atoms with Crippen LogP contribution < -0.4 is 4.74 Å². The smallest absolute Gasteiger partial charge is 0.335 e. The maximum Gasteiger partial charge on any atom is 0.335 e. The van der Waals surface area contributed by atoms with E-state index in [1.165, 1.54) is 0 Å². The van der Waals surface area contributed by atoms with E-state index in [4.69, 9.17) is 44.1 Å². The number of hydrogen-bond acceptors (Lipinski definition) is 5. The van der Waals surface area contributed by atoms with Gasteiger partial charge in [0.25, 0.3) is 0 Å². The van der Waals surface area contributed by atoms with Gasteiger partial charge in [0.2, 0.25) is 0 Å². The standard InChI is InChI=1S/C31H26Cl3NO5/c1-16-5-6-18(11-21(16)30(36)37)19-13-31(38,14-19)23-10-9-20(12-26(23)34)39-15-22-28(35-40-29(22)17-7-8-17)27-24(32)3-2-4-25(27)33/h2-6,9-12,17,19,38H,7-8,13-15H2,1H3,(H,36,37)/t19-,31+. The molecule has 0 spiro atoms. The number of aromatic carboxylic acids is 1. The van der Waals surface area contributed by atoms with Crippen molar-refractivity contribution in [1.29, 1.82) is 0 Å². The first kappa shape index (κ1) is 27.2. The fourth-order valence-corrected chi connectivity index (χ4v) is 6.42. The van der Waals surface area contributed by atoms with E-state index in [-0.39, 0.29) is 18.1 Å². The summed E-state index contributed by atoms with van der Waals surface area (Å²) in [7, 11) is 0. The number of carboxylic acids is 1. The van der Waals surface area contributed by atoms with E-state index in [0.29, 0.717) is 62.0 Å². The number of nitrogens with zero attached hydrogens (tertiary/aromatic N) is 1. The first-order valence-electron chi connectivity index (χ1n) is 13.1. The second-order valence-corrected chi connectivity index (χ2v) is 11.9. The Labute approximate surface area is 246 Å². The Bertz CT molecular complexity index is 1600. The third kappa shape index (κ3) is 4.99. The van der Waals surface area contributed by atoms with Gasteiger partial charge in [-0.2, -0.15) is 0 Å². The number of aromatic nitrogens is 1. The summed E-state index contributed by atoms with van der Waals surface area (Å²) in [5.41, 5.74) is 3.39. The first-order chi connectivity index (χ1) is 19.1. The summed E-state index contributed by atoms with van der Waals surface area (Å²) < 4.78 is 11.9. The van der Waals surface area contributed by atoms with E-state index in [1.807, 2.05) is 12.1 Å². The first-order valence-corrected chi connectivity index (χ1v) is 14.2. The second-order valence-electron chi connectivity index (χ2n) is 10.7. The van der Waals surface area contributed by atoms with Crippen molar-refractivity contribution in [3.05, 3.63) is 103 Å². The molecule has 4 aromatic rings. The minimum Gasteiger partial charge on any atom is -0.489 e. The molecule has 2 fully saturated rings. The Kier molecular flexibility index (Phi) is 7.07. The molecule has 9 heteroatoms. The molecule has 1 aromatic heterocycles. The van der Waals surface area contributed by atoms with Crippen LogP contribution in [0.25, 0.3) is 11.3 Å². The molecule has 0 saturated heterocycles. The molecule has 0 bridgehead atoms. The number of rotatable bonds is 8. The van der Waals surface area contributed by atoms with E-state index in [2.05, 4.69) is 5.16 Å². The van der Waals surface area contributed by atoms with Crippen LogP contribution >= 0.6 is 34.8 Å². The Morgan fingerprint density at radius 3 is 2.40 bits per heavy atom. The number of carboxylic acid groups (broad SMARTS) is 1. The lowest BCUT2D eigenvalue weighted by Crippen LogP contribution is -2.40. The quantitative estimate of drug-likeness (QED) is 0.211. The van der Waals surface area contributed by atoms with Gasteiger partial charge in [-0.05, 0) is 80.0 Å². The van der Waals surface area contributed by atoms with Crippen LogP contribution in [0.3, 0.4) is 0 Å². The Hall–Kier alpha value is -3.03. The monoisotopic (exact) mass is 597 g/mol. The van der Waals surface area contributed by atoms with Gasteiger partial charge >= 0.3 is 5.97 Å². The van der Waals surface area contributed by atoms with E-state index in [0.717, 1.165) is 29.7 Å². The third-order valence-corrected chi connectivity index (χ3v) is 8.87. The molecule has 1 heterocycles. The van der Waals surface area contributed by atoms with Gasteiger partial charge in [0.05, 0.1) is 31.8 Å². The predicted octanol–water partition coefficient (Wildman–Crippen LogP) is 8.53. The highest BCUT2D eigenvalue weighted by Gasteiger charge is 2.46. The summed E-state index contributed by atoms with van der Waals surface area (Å²) >= 11 is 19.6. The molecule has 3 aromatic carbocycles. The van der Waals surface area contributed by atoms with E-state index >= 15 is 0 Å². The zero-order chi connectivity index (χ0) is 28.2. The van der Waals surface area contributed by atoms with Crippen LogP contribution in [0.1, 0.15) is 75.9 Å². The molecule has 40 heavy (non-hydrogen) atoms. The van der Waals surface area contributed by atoms with Crippen molar-refractivity contribution in [1.82, 2.24) is 5.16 Å². The van der Waals surface area contributed by atoms with Crippen LogP contribution in [0.5, 0.6) is 5.75 Å². The number of aliphatic hydroxyl groups is 1. The lowest BCUT2D eigenvalue weighted by atomic mass is 9.64. The van der Waals surface area contributed by atoms with Gasteiger partial charge < -0.3 is 19.5 Å². The van der Waals surface area contributed by atoms with Crippen molar-refractivity contribution in [3.8, 4) is 17.0 Å². The minimum absolute atomic E-state index is 0.0418. The number of hydrogen-bond donors (Lipinski definition) is 2. The van der Waals surface area contributed by atoms with Gasteiger partial charge in [0.15, 0.2) is 0 Å². The highest BCUT2D eigenvalue weighted by atomic mass is 35.5. The molecule has 6 rings (SSSR count). The van der Waals surface area contributed by atoms with Crippen molar-refractivity contribution >= 4 is 40.8 Å². The Morgan fingerprint density at radius 1 is 1.02 bits per heavy atom. The normalized spacial score (nSPS) is 20.3. The molecular formula is C31H26Cl3NO5. The van der Waals surface area contributed by atoms with Gasteiger partial charge in [0, 0.05) is 17.0 Å². The van der Waals surface area contributed by atoms with Crippen LogP contribution in [-0.2, 0) is 12.2 Å². The van der Waals surface area contributed by atoms with Crippen LogP contribution in [0.2, 0.25) is 15.1 Å². The average molecular weight is 599 g/mol. The van der Waals surface area contributed by atoms with Gasteiger partial charge in [-0.3, -0.25) is 0 Å². The molecule has 2 aliphatic carbocycles. The van der Waals surface area contributed by atoms with Crippen LogP contribution in [0.15, 0.2) is 59.1 Å². The van der Waals surface area contributed by atoms with Crippen molar-refractivity contribution < 1.29 is 24.3 Å². The topological polar surface area (TPSA) is 92.8 Å².